The molecule has 4 saturated carbocycles. The number of esters is 1. The van der Waals surface area contributed by atoms with E-state index in [0.29, 0.717) is 35.3 Å². The predicted molar refractivity (Wildman–Crippen MR) is 153 cm³/mol. The van der Waals surface area contributed by atoms with Gasteiger partial charge in [-0.25, -0.2) is 0 Å². The van der Waals surface area contributed by atoms with Crippen molar-refractivity contribution in [1.29, 1.82) is 0 Å². The molecule has 0 aliphatic heterocycles. The van der Waals surface area contributed by atoms with E-state index >= 15 is 0 Å². The molecule has 0 spiro atoms. The smallest absolute Gasteiger partial charge is 0.302 e. The van der Waals surface area contributed by atoms with Crippen LogP contribution in [0.3, 0.4) is 0 Å². The van der Waals surface area contributed by atoms with E-state index in [-0.39, 0.29) is 46.9 Å². The first-order valence-electron chi connectivity index (χ1n) is 15.2. The number of fused-ring (bicyclic) bond motifs is 5. The molecule has 6 heteroatoms. The summed E-state index contributed by atoms with van der Waals surface area (Å²) in [5, 5.41) is 11.4. The van der Waals surface area contributed by atoms with Crippen molar-refractivity contribution in [2.75, 3.05) is 21.1 Å². The zero-order chi connectivity index (χ0) is 28.3. The Labute approximate surface area is 235 Å². The summed E-state index contributed by atoms with van der Waals surface area (Å²) >= 11 is 0. The number of rotatable bonds is 5. The van der Waals surface area contributed by atoms with E-state index in [4.69, 9.17) is 4.74 Å². The minimum Gasteiger partial charge on any atom is -0.460 e. The van der Waals surface area contributed by atoms with Gasteiger partial charge in [0, 0.05) is 37.4 Å². The van der Waals surface area contributed by atoms with E-state index in [9.17, 15) is 14.7 Å². The average molecular weight is 539 g/mol. The number of nitrogens with zero attached hydrogens (tertiary/aromatic N) is 2. The summed E-state index contributed by atoms with van der Waals surface area (Å²) in [4.78, 5) is 30.0. The number of hydrogen-bond acceptors (Lipinski definition) is 5. The van der Waals surface area contributed by atoms with E-state index < -0.39 is 0 Å². The maximum atomic E-state index is 13.4. The van der Waals surface area contributed by atoms with Crippen LogP contribution in [0.25, 0.3) is 0 Å². The highest BCUT2D eigenvalue weighted by Crippen LogP contribution is 2.68. The quantitative estimate of drug-likeness (QED) is 0.519. The monoisotopic (exact) mass is 538 g/mol. The van der Waals surface area contributed by atoms with E-state index in [0.717, 1.165) is 38.5 Å². The molecule has 216 valence electrons. The lowest BCUT2D eigenvalue weighted by atomic mass is 9.44. The van der Waals surface area contributed by atoms with Gasteiger partial charge >= 0.3 is 5.97 Å². The number of likely N-dealkylation sites (N-methyl/N-ethyl adjacent to an activating group) is 1. The van der Waals surface area contributed by atoms with E-state index in [1.54, 1.807) is 0 Å². The minimum absolute atomic E-state index is 0.00975. The number of amides is 1. The molecule has 1 amide bonds. The fourth-order valence-corrected chi connectivity index (χ4v) is 10.2. The largest absolute Gasteiger partial charge is 0.460 e. The number of carbonyl (C=O) groups is 2. The zero-order valence-electron chi connectivity index (χ0n) is 25.1. The molecule has 0 unspecified atom stereocenters. The van der Waals surface area contributed by atoms with Gasteiger partial charge in [0.05, 0.1) is 12.1 Å². The van der Waals surface area contributed by atoms with Gasteiger partial charge in [-0.2, -0.15) is 0 Å². The lowest BCUT2D eigenvalue weighted by molar-refractivity contribution is -0.185. The zero-order valence-corrected chi connectivity index (χ0v) is 25.1. The molecule has 0 bridgehead atoms. The highest BCUT2D eigenvalue weighted by molar-refractivity contribution is 5.94. The summed E-state index contributed by atoms with van der Waals surface area (Å²) in [6.45, 7) is 8.70. The Morgan fingerprint density at radius 1 is 0.949 bits per heavy atom. The minimum atomic E-state index is -0.288. The molecular formula is C33H50N2O4. The molecule has 0 heterocycles. The average Bonchev–Trinajstić information content (AvgIpc) is 3.17. The Morgan fingerprint density at radius 3 is 2.26 bits per heavy atom. The molecule has 5 rings (SSSR count). The normalized spacial score (nSPS) is 42.2. The van der Waals surface area contributed by atoms with Gasteiger partial charge in [-0.1, -0.05) is 32.0 Å². The second-order valence-corrected chi connectivity index (χ2v) is 14.1. The van der Waals surface area contributed by atoms with E-state index in [1.807, 2.05) is 42.3 Å². The van der Waals surface area contributed by atoms with Crippen LogP contribution >= 0.6 is 0 Å². The standard InChI is InChI=1S/C33H50N2O4/c1-20(34(5)6)29-28(37)19-26-23-13-14-25-30(39-21(2)36)27(35(7)31(38)22-11-9-8-10-12-22)16-18-32(25,3)24(23)15-17-33(26,29)4/h8-12,20,23-30,37H,13-19H2,1-7H3/t20-,23+,24-,25-,26-,27+,28-,29-,30+,32+,33-/m0/s1. The fourth-order valence-electron chi connectivity index (χ4n) is 10.2. The number of hydrogen-bond donors (Lipinski definition) is 1. The Bertz CT molecular complexity index is 1060. The maximum Gasteiger partial charge on any atom is 0.302 e. The molecule has 1 N–H and O–H groups in total. The third kappa shape index (κ3) is 4.64. The third-order valence-electron chi connectivity index (χ3n) is 12.3. The third-order valence-corrected chi connectivity index (χ3v) is 12.3. The van der Waals surface area contributed by atoms with Crippen molar-refractivity contribution in [3.8, 4) is 0 Å². The molecule has 1 aromatic rings. The van der Waals surface area contributed by atoms with E-state index in [2.05, 4.69) is 39.8 Å². The van der Waals surface area contributed by atoms with Crippen LogP contribution in [0.5, 0.6) is 0 Å². The van der Waals surface area contributed by atoms with Crippen molar-refractivity contribution in [3.05, 3.63) is 35.9 Å². The first kappa shape index (κ1) is 28.6. The van der Waals surface area contributed by atoms with Crippen LogP contribution in [0, 0.1) is 40.4 Å². The van der Waals surface area contributed by atoms with Crippen LogP contribution in [0.4, 0.5) is 0 Å². The highest BCUT2D eigenvalue weighted by atomic mass is 16.5. The van der Waals surface area contributed by atoms with Crippen LogP contribution in [0.15, 0.2) is 30.3 Å². The molecule has 11 atom stereocenters. The molecule has 6 nitrogen and oxygen atoms in total. The fraction of sp³-hybridized carbons (Fsp3) is 0.758. The van der Waals surface area contributed by atoms with Gasteiger partial charge in [-0.15, -0.1) is 0 Å². The van der Waals surface area contributed by atoms with Gasteiger partial charge in [0.1, 0.15) is 6.10 Å². The summed E-state index contributed by atoms with van der Waals surface area (Å²) in [6, 6.07) is 9.65. The van der Waals surface area contributed by atoms with E-state index in [1.165, 1.54) is 13.3 Å². The van der Waals surface area contributed by atoms with Crippen LogP contribution in [0.1, 0.15) is 83.0 Å². The van der Waals surface area contributed by atoms with Crippen molar-refractivity contribution in [3.63, 3.8) is 0 Å². The summed E-state index contributed by atoms with van der Waals surface area (Å²) in [5.41, 5.74) is 0.891. The molecule has 1 aromatic carbocycles. The highest BCUT2D eigenvalue weighted by Gasteiger charge is 2.64. The van der Waals surface area contributed by atoms with Gasteiger partial charge in [0.15, 0.2) is 0 Å². The lowest BCUT2D eigenvalue weighted by Gasteiger charge is -2.63. The van der Waals surface area contributed by atoms with Gasteiger partial charge in [0.25, 0.3) is 5.91 Å². The van der Waals surface area contributed by atoms with Gasteiger partial charge in [0.2, 0.25) is 0 Å². The summed E-state index contributed by atoms with van der Waals surface area (Å²) in [5.74, 6) is 1.95. The van der Waals surface area contributed by atoms with Crippen LogP contribution < -0.4 is 0 Å². The van der Waals surface area contributed by atoms with Gasteiger partial charge in [-0.05, 0) is 107 Å². The SMILES string of the molecule is CC(=O)O[C@H]1[C@H](N(C)C(=O)c2ccccc2)CC[C@]2(C)[C@H]3CC[C@]4(C)[C@@H]([C@H](C)N(C)C)[C@@H](O)C[C@H]4[C@@H]3CC[C@@H]12. The van der Waals surface area contributed by atoms with Gasteiger partial charge < -0.3 is 19.6 Å². The van der Waals surface area contributed by atoms with Crippen molar-refractivity contribution >= 4 is 11.9 Å². The second-order valence-electron chi connectivity index (χ2n) is 14.1. The van der Waals surface area contributed by atoms with Crippen LogP contribution in [-0.4, -0.2) is 72.2 Å². The lowest BCUT2D eigenvalue weighted by Crippen LogP contribution is -2.62. The Hall–Kier alpha value is -1.92. The van der Waals surface area contributed by atoms with Crippen molar-refractivity contribution in [1.82, 2.24) is 9.80 Å². The molecule has 4 aliphatic rings. The maximum absolute atomic E-state index is 13.4. The van der Waals surface area contributed by atoms with Crippen molar-refractivity contribution < 1.29 is 19.4 Å². The first-order valence-corrected chi connectivity index (χ1v) is 15.2. The number of aliphatic hydroxyl groups excluding tert-OH is 1. The molecule has 39 heavy (non-hydrogen) atoms. The van der Waals surface area contributed by atoms with Crippen LogP contribution in [0.2, 0.25) is 0 Å². The molecule has 4 aliphatic carbocycles. The summed E-state index contributed by atoms with van der Waals surface area (Å²) < 4.78 is 6.15. The second kappa shape index (κ2) is 10.5. The molecular weight excluding hydrogens is 488 g/mol. The molecule has 0 aromatic heterocycles. The number of carbonyl (C=O) groups excluding carboxylic acids is 2. The van der Waals surface area contributed by atoms with Gasteiger partial charge in [-0.3, -0.25) is 9.59 Å². The first-order chi connectivity index (χ1) is 18.4. The topological polar surface area (TPSA) is 70.1 Å². The Balaban J connectivity index is 1.41. The molecule has 0 radical (unpaired) electrons. The van der Waals surface area contributed by atoms with Crippen LogP contribution in [-0.2, 0) is 9.53 Å². The summed E-state index contributed by atoms with van der Waals surface area (Å²) in [6.07, 6.45) is 6.70. The molecule has 4 fully saturated rings. The predicted octanol–water partition coefficient (Wildman–Crippen LogP) is 5.25. The Kier molecular flexibility index (Phi) is 7.69. The Morgan fingerprint density at radius 2 is 1.62 bits per heavy atom. The number of benzene rings is 1. The summed E-state index contributed by atoms with van der Waals surface area (Å²) in [7, 11) is 6.15. The number of ether oxygens (including phenoxy) is 1. The molecule has 0 saturated heterocycles. The van der Waals surface area contributed by atoms with Crippen molar-refractivity contribution in [2.24, 2.45) is 40.4 Å². The van der Waals surface area contributed by atoms with Crippen molar-refractivity contribution in [2.45, 2.75) is 96.9 Å². The number of aliphatic hydroxyl groups is 1.